The molecular weight excluding hydrogens is 271 g/mol. The van der Waals surface area contributed by atoms with Gasteiger partial charge in [-0.15, -0.1) is 0 Å². The van der Waals surface area contributed by atoms with E-state index in [0.29, 0.717) is 25.6 Å². The van der Waals surface area contributed by atoms with Crippen molar-refractivity contribution >= 4 is 5.91 Å². The second-order valence-electron chi connectivity index (χ2n) is 5.96. The van der Waals surface area contributed by atoms with Crippen LogP contribution in [0.4, 0.5) is 13.2 Å². The summed E-state index contributed by atoms with van der Waals surface area (Å²) in [6, 6.07) is 0. The minimum absolute atomic E-state index is 0.0192. The third-order valence-corrected chi connectivity index (χ3v) is 4.27. The van der Waals surface area contributed by atoms with Crippen LogP contribution in [-0.2, 0) is 4.79 Å². The normalized spacial score (nSPS) is 26.3. The molecule has 2 fully saturated rings. The fraction of sp³-hybridized carbons (Fsp3) is 0.923. The second kappa shape index (κ2) is 6.30. The zero-order valence-corrected chi connectivity index (χ0v) is 11.7. The first-order chi connectivity index (χ1) is 9.35. The van der Waals surface area contributed by atoms with Crippen LogP contribution in [0.1, 0.15) is 13.3 Å². The molecule has 4 nitrogen and oxygen atoms in total. The van der Waals surface area contributed by atoms with Crippen molar-refractivity contribution in [3.05, 3.63) is 0 Å². The number of nitrogens with zero attached hydrogens (tertiary/aromatic N) is 1. The summed E-state index contributed by atoms with van der Waals surface area (Å²) in [5.41, 5.74) is 0. The minimum Gasteiger partial charge on any atom is -0.356 e. The largest absolute Gasteiger partial charge is 0.401 e. The average Bonchev–Trinajstić information content (AvgIpc) is 2.68. The first-order valence-electron chi connectivity index (χ1n) is 7.12. The molecule has 0 spiro atoms. The van der Waals surface area contributed by atoms with Crippen LogP contribution in [0.5, 0.6) is 0 Å². The molecule has 2 saturated heterocycles. The van der Waals surface area contributed by atoms with Gasteiger partial charge >= 0.3 is 6.18 Å². The van der Waals surface area contributed by atoms with Gasteiger partial charge < -0.3 is 10.6 Å². The van der Waals surface area contributed by atoms with Crippen molar-refractivity contribution in [3.63, 3.8) is 0 Å². The lowest BCUT2D eigenvalue weighted by atomic mass is 9.88. The number of nitrogens with one attached hydrogen (secondary N) is 2. The molecule has 116 valence electrons. The standard InChI is InChI=1S/C13H22F3N3O/c1-9(11-5-17-6-11)12(20)18-4-10-2-3-19(7-10)8-13(14,15)16/h9-11,17H,2-8H2,1H3,(H,18,20). The number of alkyl halides is 3. The van der Waals surface area contributed by atoms with Crippen LogP contribution in [0.3, 0.4) is 0 Å². The van der Waals surface area contributed by atoms with Crippen LogP contribution in [0, 0.1) is 17.8 Å². The monoisotopic (exact) mass is 293 g/mol. The summed E-state index contributed by atoms with van der Waals surface area (Å²) < 4.78 is 36.8. The Morgan fingerprint density at radius 2 is 2.15 bits per heavy atom. The van der Waals surface area contributed by atoms with E-state index in [0.717, 1.165) is 19.5 Å². The van der Waals surface area contributed by atoms with E-state index >= 15 is 0 Å². The molecule has 2 aliphatic heterocycles. The van der Waals surface area contributed by atoms with Crippen LogP contribution in [0.25, 0.3) is 0 Å². The van der Waals surface area contributed by atoms with Crippen molar-refractivity contribution in [3.8, 4) is 0 Å². The Bertz CT molecular complexity index is 344. The molecule has 2 rings (SSSR count). The highest BCUT2D eigenvalue weighted by Gasteiger charge is 2.34. The van der Waals surface area contributed by atoms with Gasteiger partial charge in [0.15, 0.2) is 0 Å². The maximum Gasteiger partial charge on any atom is 0.401 e. The lowest BCUT2D eigenvalue weighted by molar-refractivity contribution is -0.143. The number of hydrogen-bond acceptors (Lipinski definition) is 3. The van der Waals surface area contributed by atoms with Crippen molar-refractivity contribution in [2.75, 3.05) is 39.3 Å². The Kier molecular flexibility index (Phi) is 4.90. The van der Waals surface area contributed by atoms with Crippen LogP contribution in [-0.4, -0.2) is 56.3 Å². The zero-order valence-electron chi connectivity index (χ0n) is 11.7. The highest BCUT2D eigenvalue weighted by atomic mass is 19.4. The summed E-state index contributed by atoms with van der Waals surface area (Å²) in [6.45, 7) is 4.17. The third-order valence-electron chi connectivity index (χ3n) is 4.27. The molecule has 0 radical (unpaired) electrons. The number of halogens is 3. The van der Waals surface area contributed by atoms with Gasteiger partial charge in [0.2, 0.25) is 5.91 Å². The van der Waals surface area contributed by atoms with Crippen LogP contribution in [0.2, 0.25) is 0 Å². The lowest BCUT2D eigenvalue weighted by Crippen LogP contribution is -2.50. The number of hydrogen-bond donors (Lipinski definition) is 2. The van der Waals surface area contributed by atoms with Gasteiger partial charge in [-0.1, -0.05) is 6.92 Å². The van der Waals surface area contributed by atoms with Gasteiger partial charge in [-0.05, 0) is 37.9 Å². The molecule has 2 unspecified atom stereocenters. The van der Waals surface area contributed by atoms with Gasteiger partial charge in [-0.3, -0.25) is 9.69 Å². The van der Waals surface area contributed by atoms with Gasteiger partial charge in [-0.2, -0.15) is 13.2 Å². The van der Waals surface area contributed by atoms with Crippen LogP contribution in [0.15, 0.2) is 0 Å². The molecule has 7 heteroatoms. The van der Waals surface area contributed by atoms with Gasteiger partial charge in [0.25, 0.3) is 0 Å². The Morgan fingerprint density at radius 1 is 1.45 bits per heavy atom. The molecule has 2 atom stereocenters. The van der Waals surface area contributed by atoms with Crippen LogP contribution >= 0.6 is 0 Å². The number of likely N-dealkylation sites (tertiary alicyclic amines) is 1. The molecule has 20 heavy (non-hydrogen) atoms. The van der Waals surface area contributed by atoms with E-state index in [1.807, 2.05) is 6.92 Å². The first-order valence-corrected chi connectivity index (χ1v) is 7.12. The maximum atomic E-state index is 12.3. The van der Waals surface area contributed by atoms with Crippen molar-refractivity contribution in [1.82, 2.24) is 15.5 Å². The molecule has 2 heterocycles. The Hall–Kier alpha value is -0.820. The molecule has 2 aliphatic rings. The summed E-state index contributed by atoms with van der Waals surface area (Å²) in [6.07, 6.45) is -3.42. The fourth-order valence-corrected chi connectivity index (χ4v) is 2.76. The quantitative estimate of drug-likeness (QED) is 0.789. The Balaban J connectivity index is 1.66. The van der Waals surface area contributed by atoms with E-state index in [1.54, 1.807) is 0 Å². The lowest BCUT2D eigenvalue weighted by Gasteiger charge is -2.32. The predicted molar refractivity (Wildman–Crippen MR) is 69.1 cm³/mol. The number of carbonyl (C=O) groups is 1. The maximum absolute atomic E-state index is 12.3. The molecular formula is C13H22F3N3O. The van der Waals surface area contributed by atoms with E-state index in [4.69, 9.17) is 0 Å². The summed E-state index contributed by atoms with van der Waals surface area (Å²) in [5.74, 6) is 0.517. The van der Waals surface area contributed by atoms with Crippen molar-refractivity contribution in [2.24, 2.45) is 17.8 Å². The fourth-order valence-electron chi connectivity index (χ4n) is 2.76. The number of amides is 1. The van der Waals surface area contributed by atoms with E-state index in [-0.39, 0.29) is 17.7 Å². The van der Waals surface area contributed by atoms with E-state index < -0.39 is 12.7 Å². The molecule has 0 aromatic carbocycles. The van der Waals surface area contributed by atoms with Crippen molar-refractivity contribution in [2.45, 2.75) is 19.5 Å². The third kappa shape index (κ3) is 4.34. The van der Waals surface area contributed by atoms with E-state index in [1.165, 1.54) is 4.90 Å². The smallest absolute Gasteiger partial charge is 0.356 e. The highest BCUT2D eigenvalue weighted by molar-refractivity contribution is 5.78. The highest BCUT2D eigenvalue weighted by Crippen LogP contribution is 2.22. The molecule has 2 N–H and O–H groups in total. The summed E-state index contributed by atoms with van der Waals surface area (Å²) in [4.78, 5) is 13.3. The molecule has 0 bridgehead atoms. The predicted octanol–water partition coefficient (Wildman–Crippen LogP) is 0.842. The van der Waals surface area contributed by atoms with Crippen molar-refractivity contribution < 1.29 is 18.0 Å². The summed E-state index contributed by atoms with van der Waals surface area (Å²) in [7, 11) is 0. The van der Waals surface area contributed by atoms with Gasteiger partial charge in [0.05, 0.1) is 6.54 Å². The Morgan fingerprint density at radius 3 is 2.70 bits per heavy atom. The summed E-state index contributed by atoms with van der Waals surface area (Å²) >= 11 is 0. The molecule has 0 aromatic heterocycles. The average molecular weight is 293 g/mol. The summed E-state index contributed by atoms with van der Waals surface area (Å²) in [5, 5.41) is 6.01. The van der Waals surface area contributed by atoms with Gasteiger partial charge in [0.1, 0.15) is 0 Å². The first kappa shape index (κ1) is 15.6. The minimum atomic E-state index is -4.14. The number of rotatable bonds is 5. The second-order valence-corrected chi connectivity index (χ2v) is 5.96. The van der Waals surface area contributed by atoms with E-state index in [2.05, 4.69) is 10.6 Å². The van der Waals surface area contributed by atoms with Gasteiger partial charge in [-0.25, -0.2) is 0 Å². The topological polar surface area (TPSA) is 44.4 Å². The Labute approximate surface area is 117 Å². The van der Waals surface area contributed by atoms with Crippen molar-refractivity contribution in [1.29, 1.82) is 0 Å². The molecule has 0 aliphatic carbocycles. The SMILES string of the molecule is CC(C(=O)NCC1CCN(CC(F)(F)F)C1)C1CNC1. The zero-order chi connectivity index (χ0) is 14.8. The van der Waals surface area contributed by atoms with Crippen LogP contribution < -0.4 is 10.6 Å². The molecule has 0 aromatic rings. The number of carbonyl (C=O) groups excluding carboxylic acids is 1. The van der Waals surface area contributed by atoms with Gasteiger partial charge in [0, 0.05) is 19.0 Å². The van der Waals surface area contributed by atoms with E-state index in [9.17, 15) is 18.0 Å². The molecule has 1 amide bonds. The molecule has 0 saturated carbocycles.